The molecular weight excluding hydrogens is 829 g/mol. The van der Waals surface area contributed by atoms with Crippen molar-refractivity contribution in [2.24, 2.45) is 0 Å². The molecule has 0 aliphatic rings. The molecule has 18 heteroatoms. The van der Waals surface area contributed by atoms with Crippen LogP contribution in [0.3, 0.4) is 0 Å². The number of aliphatic hydroxyl groups excluding tert-OH is 2. The highest BCUT2D eigenvalue weighted by atomic mass is 32.2. The van der Waals surface area contributed by atoms with E-state index in [9.17, 15) is 27.7 Å². The molecule has 3 unspecified atom stereocenters. The standard InChI is InChI=1S/C21H20N4O3S2.C20H18N4O3S2/c1-14(26)19-13-29-21(22-19)25-12-17(20(23-25)16-5-3-2-4-6-16)11-15-7-9-18(10-8-15)24-30(27)28;25-12-18-13-28-20(21-18)24-11-16(19(22-24)15-4-2-1-3-5-15)10-14-6-8-17(9-7-14)23-29(26)27/h2-10,12-14,24,26H,11H2,1H3,(H,27,28);1-9,11,13,23,25H,10,12H2,(H,26,27)/p-2. The van der Waals surface area contributed by atoms with Crippen molar-refractivity contribution in [3.8, 4) is 32.8 Å². The number of anilines is 2. The molecule has 59 heavy (non-hydrogen) atoms. The molecule has 4 aromatic carbocycles. The molecule has 0 bridgehead atoms. The number of hydrogen-bond acceptors (Lipinski definition) is 12. The minimum absolute atomic E-state index is 0.106. The van der Waals surface area contributed by atoms with E-state index >= 15 is 0 Å². The van der Waals surface area contributed by atoms with Gasteiger partial charge in [0, 0.05) is 92.2 Å². The summed E-state index contributed by atoms with van der Waals surface area (Å²) in [5.41, 5.74) is 10.1. The van der Waals surface area contributed by atoms with E-state index in [1.165, 1.54) is 22.7 Å². The van der Waals surface area contributed by atoms with E-state index in [0.717, 1.165) is 44.8 Å². The van der Waals surface area contributed by atoms with Crippen LogP contribution in [0.15, 0.2) is 132 Å². The molecule has 14 nitrogen and oxygen atoms in total. The maximum absolute atomic E-state index is 10.8. The molecule has 0 aliphatic heterocycles. The average molecular weight is 865 g/mol. The lowest BCUT2D eigenvalue weighted by Gasteiger charge is -2.09. The highest BCUT2D eigenvalue weighted by Crippen LogP contribution is 2.29. The van der Waals surface area contributed by atoms with E-state index in [-0.39, 0.29) is 6.61 Å². The zero-order valence-corrected chi connectivity index (χ0v) is 34.5. The van der Waals surface area contributed by atoms with Crippen molar-refractivity contribution in [3.05, 3.63) is 166 Å². The van der Waals surface area contributed by atoms with Crippen LogP contribution >= 0.6 is 22.7 Å². The second-order valence-corrected chi connectivity index (χ2v) is 16.1. The molecule has 0 spiro atoms. The van der Waals surface area contributed by atoms with Gasteiger partial charge in [0.25, 0.3) is 0 Å². The van der Waals surface area contributed by atoms with Gasteiger partial charge in [0.05, 0.1) is 35.5 Å². The SMILES string of the molecule is CC(O)c1csc(-n2cc(Cc3ccc(NS(=O)[O-])cc3)c(-c3ccccc3)n2)n1.O=S([O-])Nc1ccc(Cc2cn(-c3nc(CO)cs3)nc2-c2ccccc2)cc1. The molecule has 0 radical (unpaired) electrons. The van der Waals surface area contributed by atoms with Gasteiger partial charge in [-0.2, -0.15) is 10.2 Å². The number of benzene rings is 4. The Bertz CT molecular complexity index is 2650. The number of rotatable bonds is 14. The van der Waals surface area contributed by atoms with Crippen molar-refractivity contribution < 1.29 is 27.7 Å². The van der Waals surface area contributed by atoms with Gasteiger partial charge < -0.3 is 28.8 Å². The molecule has 3 atom stereocenters. The van der Waals surface area contributed by atoms with Crippen LogP contribution in [0, 0.1) is 0 Å². The number of nitrogens with one attached hydrogen (secondary N) is 2. The predicted octanol–water partition coefficient (Wildman–Crippen LogP) is 7.13. The van der Waals surface area contributed by atoms with Crippen LogP contribution in [0.5, 0.6) is 0 Å². The predicted molar refractivity (Wildman–Crippen MR) is 229 cm³/mol. The summed E-state index contributed by atoms with van der Waals surface area (Å²) < 4.78 is 51.3. The molecule has 0 amide bonds. The summed E-state index contributed by atoms with van der Waals surface area (Å²) >= 11 is -1.84. The normalized spacial score (nSPS) is 12.6. The average Bonchev–Trinajstić information content (AvgIpc) is 4.07. The fourth-order valence-electron chi connectivity index (χ4n) is 6.01. The lowest BCUT2D eigenvalue weighted by molar-refractivity contribution is 0.195. The minimum atomic E-state index is -2.35. The molecule has 0 saturated carbocycles. The van der Waals surface area contributed by atoms with Crippen LogP contribution in [0.2, 0.25) is 0 Å². The third kappa shape index (κ3) is 10.9. The van der Waals surface area contributed by atoms with Gasteiger partial charge in [-0.15, -0.1) is 22.7 Å². The van der Waals surface area contributed by atoms with Crippen molar-refractivity contribution in [1.29, 1.82) is 0 Å². The molecule has 302 valence electrons. The van der Waals surface area contributed by atoms with Crippen LogP contribution < -0.4 is 9.44 Å². The van der Waals surface area contributed by atoms with Gasteiger partial charge in [-0.25, -0.2) is 19.3 Å². The molecule has 0 saturated heterocycles. The lowest BCUT2D eigenvalue weighted by Crippen LogP contribution is -2.02. The highest BCUT2D eigenvalue weighted by molar-refractivity contribution is 7.80. The quantitative estimate of drug-likeness (QED) is 0.0814. The Hall–Kier alpha value is -5.70. The number of nitrogens with zero attached hydrogens (tertiary/aromatic N) is 6. The monoisotopic (exact) mass is 864 g/mol. The van der Waals surface area contributed by atoms with Crippen LogP contribution in [0.25, 0.3) is 32.8 Å². The van der Waals surface area contributed by atoms with Crippen molar-refractivity contribution >= 4 is 56.6 Å². The van der Waals surface area contributed by atoms with E-state index in [2.05, 4.69) is 19.4 Å². The van der Waals surface area contributed by atoms with Gasteiger partial charge in [0.15, 0.2) is 0 Å². The topological polar surface area (TPSA) is 206 Å². The van der Waals surface area contributed by atoms with Gasteiger partial charge in [-0.1, -0.05) is 84.9 Å². The summed E-state index contributed by atoms with van der Waals surface area (Å²) in [6.07, 6.45) is 4.52. The van der Waals surface area contributed by atoms with Crippen molar-refractivity contribution in [2.75, 3.05) is 9.44 Å². The summed E-state index contributed by atoms with van der Waals surface area (Å²) in [4.78, 5) is 8.87. The van der Waals surface area contributed by atoms with Crippen LogP contribution in [-0.2, 0) is 42.0 Å². The number of thiazole rings is 2. The maximum Gasteiger partial charge on any atom is 0.210 e. The first-order valence-corrected chi connectivity index (χ1v) is 21.9. The largest absolute Gasteiger partial charge is 0.755 e. The van der Waals surface area contributed by atoms with Gasteiger partial charge in [-0.05, 0) is 42.3 Å². The highest BCUT2D eigenvalue weighted by Gasteiger charge is 2.17. The summed E-state index contributed by atoms with van der Waals surface area (Å²) in [6.45, 7) is 1.58. The van der Waals surface area contributed by atoms with Crippen LogP contribution in [-0.4, -0.2) is 57.3 Å². The molecule has 8 aromatic rings. The summed E-state index contributed by atoms with van der Waals surface area (Å²) in [6, 6.07) is 34.3. The van der Waals surface area contributed by atoms with Crippen LogP contribution in [0.1, 0.15) is 46.7 Å². The lowest BCUT2D eigenvalue weighted by atomic mass is 10.0. The summed E-state index contributed by atoms with van der Waals surface area (Å²) in [7, 11) is 0. The van der Waals surface area contributed by atoms with E-state index < -0.39 is 28.6 Å². The fourth-order valence-corrected chi connectivity index (χ4v) is 8.25. The zero-order chi connectivity index (χ0) is 41.3. The minimum Gasteiger partial charge on any atom is -0.755 e. The summed E-state index contributed by atoms with van der Waals surface area (Å²) in [5, 5.41) is 33.6. The van der Waals surface area contributed by atoms with Crippen molar-refractivity contribution in [2.45, 2.75) is 32.5 Å². The van der Waals surface area contributed by atoms with E-state index in [0.29, 0.717) is 45.9 Å². The molecule has 4 aromatic heterocycles. The number of aliphatic hydroxyl groups is 2. The third-order valence-corrected chi connectivity index (χ3v) is 11.3. The smallest absolute Gasteiger partial charge is 0.210 e. The van der Waals surface area contributed by atoms with E-state index in [4.69, 9.17) is 10.2 Å². The van der Waals surface area contributed by atoms with E-state index in [1.54, 1.807) is 40.6 Å². The van der Waals surface area contributed by atoms with Gasteiger partial charge in [0.2, 0.25) is 10.3 Å². The molecule has 4 heterocycles. The molecule has 0 aliphatic carbocycles. The molecule has 4 N–H and O–H groups in total. The molecule has 0 fully saturated rings. The molecule has 8 rings (SSSR count). The van der Waals surface area contributed by atoms with Gasteiger partial charge in [0.1, 0.15) is 0 Å². The second kappa shape index (κ2) is 19.4. The fraction of sp³-hybridized carbons (Fsp3) is 0.122. The Morgan fingerprint density at radius 2 is 1.10 bits per heavy atom. The Balaban J connectivity index is 0.000000179. The van der Waals surface area contributed by atoms with Crippen molar-refractivity contribution in [3.63, 3.8) is 0 Å². The zero-order valence-electron chi connectivity index (χ0n) is 31.2. The maximum atomic E-state index is 10.8. The Morgan fingerprint density at radius 3 is 1.49 bits per heavy atom. The van der Waals surface area contributed by atoms with E-state index in [1.807, 2.05) is 108 Å². The Kier molecular flexibility index (Phi) is 13.6. The Labute approximate surface area is 352 Å². The first-order valence-electron chi connectivity index (χ1n) is 18.0. The van der Waals surface area contributed by atoms with Gasteiger partial charge >= 0.3 is 0 Å². The summed E-state index contributed by atoms with van der Waals surface area (Å²) in [5.74, 6) is 0. The van der Waals surface area contributed by atoms with Gasteiger partial charge in [-0.3, -0.25) is 8.42 Å². The first-order chi connectivity index (χ1) is 28.6. The number of aromatic nitrogens is 6. The first kappa shape index (κ1) is 41.5. The Morgan fingerprint density at radius 1 is 0.661 bits per heavy atom. The third-order valence-electron chi connectivity index (χ3n) is 8.81. The van der Waals surface area contributed by atoms with Crippen molar-refractivity contribution in [1.82, 2.24) is 29.5 Å². The van der Waals surface area contributed by atoms with Crippen LogP contribution in [0.4, 0.5) is 11.4 Å². The molecular formula is C41H36N8O6S4-2. The second-order valence-electron chi connectivity index (χ2n) is 13.1. The number of hydrogen-bond donors (Lipinski definition) is 4.